The minimum absolute atomic E-state index is 0.0785. The molecule has 0 bridgehead atoms. The first-order valence-corrected chi connectivity index (χ1v) is 6.33. The van der Waals surface area contributed by atoms with Gasteiger partial charge < -0.3 is 10.8 Å². The molecule has 3 N–H and O–H groups in total. The summed E-state index contributed by atoms with van der Waals surface area (Å²) in [6, 6.07) is 0. The van der Waals surface area contributed by atoms with Crippen LogP contribution in [0.2, 0.25) is 0 Å². The summed E-state index contributed by atoms with van der Waals surface area (Å²) in [6.07, 6.45) is 1.04. The van der Waals surface area contributed by atoms with Crippen molar-refractivity contribution < 1.29 is 13.5 Å². The van der Waals surface area contributed by atoms with E-state index in [1.165, 1.54) is 0 Å². The van der Waals surface area contributed by atoms with E-state index in [0.717, 1.165) is 6.42 Å². The normalized spacial score (nSPS) is 53.6. The van der Waals surface area contributed by atoms with E-state index in [9.17, 15) is 13.5 Å². The highest BCUT2D eigenvalue weighted by Crippen LogP contribution is 2.52. The molecule has 0 aromatic rings. The van der Waals surface area contributed by atoms with Crippen molar-refractivity contribution in [2.45, 2.75) is 30.9 Å². The second kappa shape index (κ2) is 2.27. The lowest BCUT2D eigenvalue weighted by Crippen LogP contribution is -2.52. The fourth-order valence-corrected chi connectivity index (χ4v) is 4.23. The molecule has 13 heavy (non-hydrogen) atoms. The summed E-state index contributed by atoms with van der Waals surface area (Å²) in [5, 5.41) is 10.1. The molecular weight excluding hydrogens is 190 g/mol. The van der Waals surface area contributed by atoms with E-state index < -0.39 is 21.0 Å². The van der Waals surface area contributed by atoms with Crippen LogP contribution in [0.15, 0.2) is 0 Å². The standard InChI is InChI=1S/C8H15NO3S/c1-6-4-8(6,9)7(10)2-3-13(11,12)5-7/h6,10H,2-5,9H2,1H3. The molecule has 76 valence electrons. The Hall–Kier alpha value is -0.130. The lowest BCUT2D eigenvalue weighted by molar-refractivity contribution is 0.0245. The topological polar surface area (TPSA) is 80.4 Å². The van der Waals surface area contributed by atoms with E-state index in [1.54, 1.807) is 0 Å². The van der Waals surface area contributed by atoms with Gasteiger partial charge >= 0.3 is 0 Å². The van der Waals surface area contributed by atoms with Crippen LogP contribution >= 0.6 is 0 Å². The van der Waals surface area contributed by atoms with Gasteiger partial charge in [-0.1, -0.05) is 6.92 Å². The molecule has 3 atom stereocenters. The lowest BCUT2D eigenvalue weighted by Gasteiger charge is -2.29. The predicted octanol–water partition coefficient (Wildman–Crippen LogP) is -0.727. The number of nitrogens with two attached hydrogens (primary N) is 1. The van der Waals surface area contributed by atoms with E-state index in [2.05, 4.69) is 0 Å². The number of hydrogen-bond donors (Lipinski definition) is 2. The average molecular weight is 205 g/mol. The van der Waals surface area contributed by atoms with Crippen LogP contribution in [0.1, 0.15) is 19.8 Å². The molecule has 4 nitrogen and oxygen atoms in total. The van der Waals surface area contributed by atoms with Gasteiger partial charge in [-0.25, -0.2) is 8.42 Å². The first-order chi connectivity index (χ1) is 5.79. The lowest BCUT2D eigenvalue weighted by atomic mass is 9.90. The Morgan fingerprint density at radius 2 is 2.08 bits per heavy atom. The third-order valence-electron chi connectivity index (χ3n) is 3.51. The Morgan fingerprint density at radius 3 is 2.38 bits per heavy atom. The molecule has 0 spiro atoms. The van der Waals surface area contributed by atoms with Crippen LogP contribution in [0, 0.1) is 5.92 Å². The van der Waals surface area contributed by atoms with Crippen molar-refractivity contribution in [3.05, 3.63) is 0 Å². The Kier molecular flexibility index (Phi) is 1.64. The van der Waals surface area contributed by atoms with Crippen molar-refractivity contribution in [2.75, 3.05) is 11.5 Å². The van der Waals surface area contributed by atoms with E-state index in [-0.39, 0.29) is 17.4 Å². The van der Waals surface area contributed by atoms with Crippen LogP contribution in [-0.4, -0.2) is 36.2 Å². The number of sulfone groups is 1. The second-order valence-corrected chi connectivity index (χ2v) is 6.70. The van der Waals surface area contributed by atoms with E-state index in [0.29, 0.717) is 6.42 Å². The second-order valence-electron chi connectivity index (χ2n) is 4.52. The minimum Gasteiger partial charge on any atom is -0.387 e. The molecule has 1 aliphatic carbocycles. The molecule has 1 saturated heterocycles. The Labute approximate surface area is 78.0 Å². The molecule has 2 aliphatic rings. The Bertz CT molecular complexity index is 339. The zero-order chi connectivity index (χ0) is 9.91. The zero-order valence-electron chi connectivity index (χ0n) is 7.66. The van der Waals surface area contributed by atoms with E-state index in [1.807, 2.05) is 6.92 Å². The average Bonchev–Trinajstić information content (AvgIpc) is 2.45. The zero-order valence-corrected chi connectivity index (χ0v) is 8.47. The monoisotopic (exact) mass is 205 g/mol. The van der Waals surface area contributed by atoms with Crippen molar-refractivity contribution in [3.63, 3.8) is 0 Å². The molecule has 2 rings (SSSR count). The fourth-order valence-electron chi connectivity index (χ4n) is 2.30. The Morgan fingerprint density at radius 1 is 1.54 bits per heavy atom. The maximum absolute atomic E-state index is 11.2. The third-order valence-corrected chi connectivity index (χ3v) is 5.26. The maximum atomic E-state index is 11.2. The van der Waals surface area contributed by atoms with Gasteiger partial charge in [0.2, 0.25) is 0 Å². The summed E-state index contributed by atoms with van der Waals surface area (Å²) in [5.41, 5.74) is 4.13. The van der Waals surface area contributed by atoms with Gasteiger partial charge in [0.25, 0.3) is 0 Å². The van der Waals surface area contributed by atoms with Gasteiger partial charge in [-0.15, -0.1) is 0 Å². The summed E-state index contributed by atoms with van der Waals surface area (Å²) < 4.78 is 22.4. The summed E-state index contributed by atoms with van der Waals surface area (Å²) in [6.45, 7) is 1.95. The summed E-state index contributed by atoms with van der Waals surface area (Å²) in [4.78, 5) is 0. The van der Waals surface area contributed by atoms with Crippen LogP contribution in [-0.2, 0) is 9.84 Å². The highest BCUT2D eigenvalue weighted by atomic mass is 32.2. The SMILES string of the molecule is CC1CC1(N)C1(O)CCS(=O)(=O)C1. The maximum Gasteiger partial charge on any atom is 0.153 e. The molecular formula is C8H15NO3S. The smallest absolute Gasteiger partial charge is 0.153 e. The molecule has 0 amide bonds. The van der Waals surface area contributed by atoms with Gasteiger partial charge in [0.05, 0.1) is 17.1 Å². The van der Waals surface area contributed by atoms with Crippen LogP contribution < -0.4 is 5.73 Å². The van der Waals surface area contributed by atoms with E-state index in [4.69, 9.17) is 5.73 Å². The first-order valence-electron chi connectivity index (χ1n) is 4.51. The minimum atomic E-state index is -3.05. The van der Waals surface area contributed by atoms with Crippen molar-refractivity contribution in [2.24, 2.45) is 11.7 Å². The number of hydrogen-bond acceptors (Lipinski definition) is 4. The van der Waals surface area contributed by atoms with E-state index >= 15 is 0 Å². The molecule has 0 aromatic heterocycles. The number of rotatable bonds is 1. The highest BCUT2D eigenvalue weighted by molar-refractivity contribution is 7.91. The summed E-state index contributed by atoms with van der Waals surface area (Å²) in [7, 11) is -3.05. The molecule has 3 unspecified atom stereocenters. The fraction of sp³-hybridized carbons (Fsp3) is 1.00. The molecule has 1 heterocycles. The quantitative estimate of drug-likeness (QED) is 0.591. The van der Waals surface area contributed by atoms with Crippen molar-refractivity contribution in [1.82, 2.24) is 0 Å². The van der Waals surface area contributed by atoms with Crippen molar-refractivity contribution in [1.29, 1.82) is 0 Å². The van der Waals surface area contributed by atoms with Gasteiger partial charge in [0, 0.05) is 5.54 Å². The summed E-state index contributed by atoms with van der Waals surface area (Å²) >= 11 is 0. The third kappa shape index (κ3) is 1.21. The van der Waals surface area contributed by atoms with Gasteiger partial charge in [-0.05, 0) is 18.8 Å². The first kappa shape index (κ1) is 9.43. The van der Waals surface area contributed by atoms with Crippen LogP contribution in [0.25, 0.3) is 0 Å². The molecule has 5 heteroatoms. The highest BCUT2D eigenvalue weighted by Gasteiger charge is 2.64. The number of aliphatic hydroxyl groups is 1. The molecule has 0 aromatic carbocycles. The van der Waals surface area contributed by atoms with Crippen LogP contribution in [0.5, 0.6) is 0 Å². The Balaban J connectivity index is 2.25. The van der Waals surface area contributed by atoms with Gasteiger partial charge in [0.15, 0.2) is 9.84 Å². The molecule has 0 radical (unpaired) electrons. The molecule has 2 fully saturated rings. The van der Waals surface area contributed by atoms with Crippen molar-refractivity contribution >= 4 is 9.84 Å². The largest absolute Gasteiger partial charge is 0.387 e. The van der Waals surface area contributed by atoms with Crippen LogP contribution in [0.4, 0.5) is 0 Å². The van der Waals surface area contributed by atoms with Gasteiger partial charge in [0.1, 0.15) is 0 Å². The predicted molar refractivity (Wildman–Crippen MR) is 48.9 cm³/mol. The summed E-state index contributed by atoms with van der Waals surface area (Å²) in [5.74, 6) is 0.168. The van der Waals surface area contributed by atoms with Gasteiger partial charge in [-0.3, -0.25) is 0 Å². The van der Waals surface area contributed by atoms with Gasteiger partial charge in [-0.2, -0.15) is 0 Å². The van der Waals surface area contributed by atoms with Crippen molar-refractivity contribution in [3.8, 4) is 0 Å². The van der Waals surface area contributed by atoms with Crippen LogP contribution in [0.3, 0.4) is 0 Å². The molecule has 1 aliphatic heterocycles. The molecule has 1 saturated carbocycles.